The molecule has 1 fully saturated rings. The molecule has 2 heterocycles. The second-order valence-electron chi connectivity index (χ2n) is 6.32. The molecule has 0 atom stereocenters. The molecule has 3 rings (SSSR count). The van der Waals surface area contributed by atoms with Crippen LogP contribution in [0.4, 0.5) is 15.9 Å². The molecule has 0 bridgehead atoms. The van der Waals surface area contributed by atoms with Crippen molar-refractivity contribution >= 4 is 17.4 Å². The van der Waals surface area contributed by atoms with Crippen LogP contribution in [0.5, 0.6) is 0 Å². The number of ether oxygens (including phenoxy) is 1. The molecule has 1 aromatic carbocycles. The highest BCUT2D eigenvalue weighted by atomic mass is 19.1. The van der Waals surface area contributed by atoms with Gasteiger partial charge in [-0.2, -0.15) is 0 Å². The molecule has 0 spiro atoms. The molecule has 1 aliphatic rings. The van der Waals surface area contributed by atoms with Crippen LogP contribution in [0.3, 0.4) is 0 Å². The number of hydrogen-bond acceptors (Lipinski definition) is 6. The van der Waals surface area contributed by atoms with Crippen molar-refractivity contribution in [1.82, 2.24) is 14.9 Å². The lowest BCUT2D eigenvalue weighted by Crippen LogP contribution is -2.49. The fraction of sp³-hybridized carbons (Fsp3) is 0.421. The van der Waals surface area contributed by atoms with Gasteiger partial charge in [0.15, 0.2) is 0 Å². The van der Waals surface area contributed by atoms with E-state index in [9.17, 15) is 9.18 Å². The van der Waals surface area contributed by atoms with Crippen LogP contribution in [0.2, 0.25) is 0 Å². The molecule has 8 heteroatoms. The quantitative estimate of drug-likeness (QED) is 0.749. The van der Waals surface area contributed by atoms with E-state index in [0.29, 0.717) is 44.3 Å². The van der Waals surface area contributed by atoms with Crippen molar-refractivity contribution in [2.75, 3.05) is 56.7 Å². The standard InChI is InChI=1S/C19H24FN5O2/c1-27-12-2-7-21-18-14-22-17(13-23-18)19(26)25-10-8-24(9-11-25)16-5-3-15(20)4-6-16/h3-6,13-14H,2,7-12H2,1H3,(H,21,23). The van der Waals surface area contributed by atoms with Gasteiger partial charge in [0, 0.05) is 52.1 Å². The Morgan fingerprint density at radius 3 is 2.52 bits per heavy atom. The SMILES string of the molecule is COCCCNc1cnc(C(=O)N2CCN(c3ccc(F)cc3)CC2)cn1. The second kappa shape index (κ2) is 9.27. The molecule has 0 aliphatic carbocycles. The van der Waals surface area contributed by atoms with Crippen LogP contribution in [0, 0.1) is 5.82 Å². The summed E-state index contributed by atoms with van der Waals surface area (Å²) in [6, 6.07) is 6.42. The van der Waals surface area contributed by atoms with Crippen molar-refractivity contribution in [3.8, 4) is 0 Å². The molecule has 1 amide bonds. The number of piperazine rings is 1. The number of carbonyl (C=O) groups excluding carboxylic acids is 1. The normalized spacial score (nSPS) is 14.3. The van der Waals surface area contributed by atoms with E-state index in [1.165, 1.54) is 18.3 Å². The average Bonchev–Trinajstić information content (AvgIpc) is 2.72. The highest BCUT2D eigenvalue weighted by molar-refractivity contribution is 5.92. The van der Waals surface area contributed by atoms with Gasteiger partial charge in [-0.15, -0.1) is 0 Å². The Balaban J connectivity index is 1.50. The van der Waals surface area contributed by atoms with Gasteiger partial charge >= 0.3 is 0 Å². The van der Waals surface area contributed by atoms with Crippen molar-refractivity contribution in [2.24, 2.45) is 0 Å². The molecule has 1 aliphatic heterocycles. The summed E-state index contributed by atoms with van der Waals surface area (Å²) >= 11 is 0. The van der Waals surface area contributed by atoms with Crippen LogP contribution < -0.4 is 10.2 Å². The summed E-state index contributed by atoms with van der Waals surface area (Å²) in [6.45, 7) is 4.00. The second-order valence-corrected chi connectivity index (χ2v) is 6.32. The fourth-order valence-electron chi connectivity index (χ4n) is 2.94. The summed E-state index contributed by atoms with van der Waals surface area (Å²) in [6.07, 6.45) is 3.96. The number of benzene rings is 1. The van der Waals surface area contributed by atoms with Crippen LogP contribution in [-0.2, 0) is 4.74 Å². The molecule has 2 aromatic rings. The maximum absolute atomic E-state index is 13.0. The molecule has 1 aromatic heterocycles. The smallest absolute Gasteiger partial charge is 0.274 e. The first-order valence-electron chi connectivity index (χ1n) is 9.02. The Morgan fingerprint density at radius 2 is 1.89 bits per heavy atom. The molecule has 1 saturated heterocycles. The topological polar surface area (TPSA) is 70.6 Å². The zero-order valence-corrected chi connectivity index (χ0v) is 15.4. The van der Waals surface area contributed by atoms with E-state index in [-0.39, 0.29) is 11.7 Å². The molecule has 0 radical (unpaired) electrons. The van der Waals surface area contributed by atoms with Crippen LogP contribution in [0.25, 0.3) is 0 Å². The number of methoxy groups -OCH3 is 1. The van der Waals surface area contributed by atoms with Gasteiger partial charge in [-0.3, -0.25) is 4.79 Å². The molecule has 7 nitrogen and oxygen atoms in total. The third kappa shape index (κ3) is 5.13. The van der Waals surface area contributed by atoms with Crippen molar-refractivity contribution in [1.29, 1.82) is 0 Å². The summed E-state index contributed by atoms with van der Waals surface area (Å²) in [5.41, 5.74) is 1.31. The zero-order valence-electron chi connectivity index (χ0n) is 15.4. The first kappa shape index (κ1) is 19.0. The van der Waals surface area contributed by atoms with E-state index >= 15 is 0 Å². The lowest BCUT2D eigenvalue weighted by Gasteiger charge is -2.35. The lowest BCUT2D eigenvalue weighted by atomic mass is 10.2. The van der Waals surface area contributed by atoms with Gasteiger partial charge in [0.05, 0.1) is 12.4 Å². The summed E-state index contributed by atoms with van der Waals surface area (Å²) < 4.78 is 18.0. The van der Waals surface area contributed by atoms with Gasteiger partial charge in [-0.25, -0.2) is 14.4 Å². The van der Waals surface area contributed by atoms with Crippen molar-refractivity contribution in [3.05, 3.63) is 48.2 Å². The summed E-state index contributed by atoms with van der Waals surface area (Å²) in [5, 5.41) is 3.14. The molecular formula is C19H24FN5O2. The average molecular weight is 373 g/mol. The van der Waals surface area contributed by atoms with Crippen LogP contribution in [0.1, 0.15) is 16.9 Å². The first-order chi connectivity index (χ1) is 13.2. The monoisotopic (exact) mass is 373 g/mol. The number of aromatic nitrogens is 2. The summed E-state index contributed by atoms with van der Waals surface area (Å²) in [4.78, 5) is 25.0. The van der Waals surface area contributed by atoms with Crippen molar-refractivity contribution in [2.45, 2.75) is 6.42 Å². The minimum atomic E-state index is -0.247. The minimum Gasteiger partial charge on any atom is -0.385 e. The van der Waals surface area contributed by atoms with Crippen molar-refractivity contribution in [3.63, 3.8) is 0 Å². The van der Waals surface area contributed by atoms with Gasteiger partial charge < -0.3 is 19.9 Å². The number of halogens is 1. The van der Waals surface area contributed by atoms with Gasteiger partial charge in [-0.05, 0) is 30.7 Å². The van der Waals surface area contributed by atoms with E-state index in [1.807, 2.05) is 0 Å². The largest absolute Gasteiger partial charge is 0.385 e. The Hall–Kier alpha value is -2.74. The third-order valence-electron chi connectivity index (χ3n) is 4.46. The van der Waals surface area contributed by atoms with Gasteiger partial charge in [0.1, 0.15) is 17.3 Å². The molecule has 1 N–H and O–H groups in total. The zero-order chi connectivity index (χ0) is 19.1. The summed E-state index contributed by atoms with van der Waals surface area (Å²) in [7, 11) is 1.67. The van der Waals surface area contributed by atoms with Gasteiger partial charge in [0.2, 0.25) is 0 Å². The third-order valence-corrected chi connectivity index (χ3v) is 4.46. The Morgan fingerprint density at radius 1 is 1.15 bits per heavy atom. The maximum Gasteiger partial charge on any atom is 0.274 e. The minimum absolute atomic E-state index is 0.118. The number of amides is 1. The number of anilines is 2. The van der Waals surface area contributed by atoms with Crippen LogP contribution >= 0.6 is 0 Å². The molecular weight excluding hydrogens is 349 g/mol. The molecule has 0 unspecified atom stereocenters. The highest BCUT2D eigenvalue weighted by Crippen LogP contribution is 2.17. The fourth-order valence-corrected chi connectivity index (χ4v) is 2.94. The Labute approximate surface area is 158 Å². The van der Waals surface area contributed by atoms with E-state index < -0.39 is 0 Å². The lowest BCUT2D eigenvalue weighted by molar-refractivity contribution is 0.0740. The Kier molecular flexibility index (Phi) is 6.54. The van der Waals surface area contributed by atoms with Gasteiger partial charge in [-0.1, -0.05) is 0 Å². The molecule has 27 heavy (non-hydrogen) atoms. The van der Waals surface area contributed by atoms with Gasteiger partial charge in [0.25, 0.3) is 5.91 Å². The predicted molar refractivity (Wildman–Crippen MR) is 102 cm³/mol. The first-order valence-corrected chi connectivity index (χ1v) is 9.02. The number of nitrogens with one attached hydrogen (secondary N) is 1. The van der Waals surface area contributed by atoms with Crippen molar-refractivity contribution < 1.29 is 13.9 Å². The highest BCUT2D eigenvalue weighted by Gasteiger charge is 2.23. The number of rotatable bonds is 7. The molecule has 0 saturated carbocycles. The number of carbonyl (C=O) groups is 1. The van der Waals surface area contributed by atoms with E-state index in [4.69, 9.17) is 4.74 Å². The molecule has 144 valence electrons. The number of hydrogen-bond donors (Lipinski definition) is 1. The number of nitrogens with zero attached hydrogens (tertiary/aromatic N) is 4. The Bertz CT molecular complexity index is 731. The summed E-state index contributed by atoms with van der Waals surface area (Å²) in [5.74, 6) is 0.277. The van der Waals surface area contributed by atoms with Crippen LogP contribution in [0.15, 0.2) is 36.7 Å². The predicted octanol–water partition coefficient (Wildman–Crippen LogP) is 2.03. The van der Waals surface area contributed by atoms with E-state index in [1.54, 1.807) is 30.3 Å². The maximum atomic E-state index is 13.0. The van der Waals surface area contributed by atoms with Crippen LogP contribution in [-0.4, -0.2) is 67.2 Å². The van der Waals surface area contributed by atoms with E-state index in [2.05, 4.69) is 20.2 Å². The van der Waals surface area contributed by atoms with E-state index in [0.717, 1.165) is 18.7 Å².